The van der Waals surface area contributed by atoms with Gasteiger partial charge in [0.2, 0.25) is 0 Å². The minimum absolute atomic E-state index is 0.0629. The Hall–Kier alpha value is -0.900. The Kier molecular flexibility index (Phi) is 4.93. The standard InChI is InChI=1S/C10H7Cl3O3/c11-6-4-7(12)10(8(13)5-6)16-3-1-2-9(14)15/h1-2,4-5H,3H2,(H,14,15). The van der Waals surface area contributed by atoms with E-state index in [9.17, 15) is 4.79 Å². The SMILES string of the molecule is O=C(O)C=CCOc1c(Cl)cc(Cl)cc1Cl. The monoisotopic (exact) mass is 280 g/mol. The number of halogens is 3. The fourth-order valence-corrected chi connectivity index (χ4v) is 1.87. The lowest BCUT2D eigenvalue weighted by Gasteiger charge is -2.07. The summed E-state index contributed by atoms with van der Waals surface area (Å²) in [6.45, 7) is 0.0629. The topological polar surface area (TPSA) is 46.5 Å². The van der Waals surface area contributed by atoms with Crippen molar-refractivity contribution in [2.24, 2.45) is 0 Å². The second-order valence-corrected chi connectivity index (χ2v) is 4.00. The van der Waals surface area contributed by atoms with E-state index in [0.717, 1.165) is 6.08 Å². The number of carbonyl (C=O) groups is 1. The maximum absolute atomic E-state index is 10.2. The summed E-state index contributed by atoms with van der Waals surface area (Å²) in [4.78, 5) is 10.2. The van der Waals surface area contributed by atoms with E-state index < -0.39 is 5.97 Å². The second kappa shape index (κ2) is 5.99. The highest BCUT2D eigenvalue weighted by Gasteiger charge is 2.08. The summed E-state index contributed by atoms with van der Waals surface area (Å²) in [5.74, 6) is -0.764. The summed E-state index contributed by atoms with van der Waals surface area (Å²) in [6, 6.07) is 2.98. The molecule has 0 aliphatic rings. The Labute approximate surface area is 107 Å². The van der Waals surface area contributed by atoms with Crippen molar-refractivity contribution >= 4 is 40.8 Å². The molecule has 0 unspecified atom stereocenters. The highest BCUT2D eigenvalue weighted by molar-refractivity contribution is 6.40. The zero-order valence-electron chi connectivity index (χ0n) is 7.91. The lowest BCUT2D eigenvalue weighted by atomic mass is 10.3. The average Bonchev–Trinajstić information content (AvgIpc) is 2.14. The first-order chi connectivity index (χ1) is 7.50. The van der Waals surface area contributed by atoms with Crippen LogP contribution in [-0.2, 0) is 4.79 Å². The van der Waals surface area contributed by atoms with Gasteiger partial charge in [-0.15, -0.1) is 0 Å². The van der Waals surface area contributed by atoms with Gasteiger partial charge in [-0.25, -0.2) is 4.79 Å². The van der Waals surface area contributed by atoms with Gasteiger partial charge in [0.15, 0.2) is 5.75 Å². The van der Waals surface area contributed by atoms with E-state index >= 15 is 0 Å². The van der Waals surface area contributed by atoms with Gasteiger partial charge in [-0.1, -0.05) is 34.8 Å². The van der Waals surface area contributed by atoms with E-state index in [0.29, 0.717) is 5.02 Å². The molecule has 0 amide bonds. The van der Waals surface area contributed by atoms with Crippen LogP contribution >= 0.6 is 34.8 Å². The number of aliphatic carboxylic acids is 1. The van der Waals surface area contributed by atoms with Gasteiger partial charge in [0.25, 0.3) is 0 Å². The van der Waals surface area contributed by atoms with Gasteiger partial charge in [-0.3, -0.25) is 0 Å². The molecule has 0 aliphatic heterocycles. The van der Waals surface area contributed by atoms with Crippen LogP contribution in [0.4, 0.5) is 0 Å². The molecule has 0 saturated heterocycles. The first-order valence-electron chi connectivity index (χ1n) is 4.17. The third-order valence-corrected chi connectivity index (χ3v) is 2.33. The van der Waals surface area contributed by atoms with Crippen molar-refractivity contribution in [3.8, 4) is 5.75 Å². The zero-order valence-corrected chi connectivity index (χ0v) is 10.2. The maximum atomic E-state index is 10.2. The molecule has 6 heteroatoms. The van der Waals surface area contributed by atoms with Gasteiger partial charge in [-0.2, -0.15) is 0 Å². The third-order valence-electron chi connectivity index (χ3n) is 1.55. The third kappa shape index (κ3) is 3.93. The number of ether oxygens (including phenoxy) is 1. The smallest absolute Gasteiger partial charge is 0.328 e. The molecule has 0 aromatic heterocycles. The molecular formula is C10H7Cl3O3. The molecule has 1 rings (SSSR count). The van der Waals surface area contributed by atoms with Crippen molar-refractivity contribution in [3.63, 3.8) is 0 Å². The van der Waals surface area contributed by atoms with E-state index in [2.05, 4.69) is 0 Å². The van der Waals surface area contributed by atoms with E-state index in [-0.39, 0.29) is 22.4 Å². The molecule has 0 aliphatic carbocycles. The highest BCUT2D eigenvalue weighted by Crippen LogP contribution is 2.35. The molecule has 1 N–H and O–H groups in total. The van der Waals surface area contributed by atoms with Crippen molar-refractivity contribution in [1.82, 2.24) is 0 Å². The van der Waals surface area contributed by atoms with Crippen LogP contribution in [0, 0.1) is 0 Å². The predicted octanol–water partition coefficient (Wildman–Crippen LogP) is 3.67. The molecule has 0 bridgehead atoms. The lowest BCUT2D eigenvalue weighted by Crippen LogP contribution is -1.96. The van der Waals surface area contributed by atoms with E-state index in [1.807, 2.05) is 0 Å². The predicted molar refractivity (Wildman–Crippen MR) is 63.7 cm³/mol. The Morgan fingerprint density at radius 3 is 2.38 bits per heavy atom. The Balaban J connectivity index is 2.71. The molecule has 3 nitrogen and oxygen atoms in total. The molecule has 0 spiro atoms. The normalized spacial score (nSPS) is 10.7. The number of benzene rings is 1. The number of hydrogen-bond donors (Lipinski definition) is 1. The summed E-state index contributed by atoms with van der Waals surface area (Å²) in [5, 5.41) is 9.31. The zero-order chi connectivity index (χ0) is 12.1. The first kappa shape index (κ1) is 13.2. The summed E-state index contributed by atoms with van der Waals surface area (Å²) < 4.78 is 5.20. The van der Waals surface area contributed by atoms with Gasteiger partial charge in [0.1, 0.15) is 6.61 Å². The second-order valence-electron chi connectivity index (χ2n) is 2.75. The van der Waals surface area contributed by atoms with Crippen LogP contribution in [0.5, 0.6) is 5.75 Å². The van der Waals surface area contributed by atoms with Gasteiger partial charge in [0, 0.05) is 11.1 Å². The minimum Gasteiger partial charge on any atom is -0.486 e. The van der Waals surface area contributed by atoms with Gasteiger partial charge in [0.05, 0.1) is 10.0 Å². The molecule has 1 aromatic rings. The number of rotatable bonds is 4. The Bertz CT molecular complexity index is 406. The Morgan fingerprint density at radius 2 is 1.88 bits per heavy atom. The lowest BCUT2D eigenvalue weighted by molar-refractivity contribution is -0.131. The van der Waals surface area contributed by atoms with Crippen LogP contribution in [0.1, 0.15) is 0 Å². The van der Waals surface area contributed by atoms with Crippen molar-refractivity contribution in [1.29, 1.82) is 0 Å². The molecule has 0 saturated carbocycles. The molecular weight excluding hydrogens is 274 g/mol. The molecule has 0 fully saturated rings. The summed E-state index contributed by atoms with van der Waals surface area (Å²) in [7, 11) is 0. The van der Waals surface area contributed by atoms with Gasteiger partial charge in [-0.05, 0) is 18.2 Å². The average molecular weight is 282 g/mol. The van der Waals surface area contributed by atoms with E-state index in [4.69, 9.17) is 44.6 Å². The fraction of sp³-hybridized carbons (Fsp3) is 0.100. The van der Waals surface area contributed by atoms with Crippen LogP contribution in [0.3, 0.4) is 0 Å². The van der Waals surface area contributed by atoms with Crippen molar-refractivity contribution < 1.29 is 14.6 Å². The summed E-state index contributed by atoms with van der Waals surface area (Å²) >= 11 is 17.4. The first-order valence-corrected chi connectivity index (χ1v) is 5.31. The van der Waals surface area contributed by atoms with Gasteiger partial charge < -0.3 is 9.84 Å². The van der Waals surface area contributed by atoms with E-state index in [1.54, 1.807) is 0 Å². The maximum Gasteiger partial charge on any atom is 0.328 e. The molecule has 1 aromatic carbocycles. The minimum atomic E-state index is -1.04. The van der Waals surface area contributed by atoms with Crippen LogP contribution in [0.25, 0.3) is 0 Å². The van der Waals surface area contributed by atoms with Crippen LogP contribution in [-0.4, -0.2) is 17.7 Å². The number of hydrogen-bond acceptors (Lipinski definition) is 2. The largest absolute Gasteiger partial charge is 0.486 e. The molecule has 0 atom stereocenters. The van der Waals surface area contributed by atoms with Gasteiger partial charge >= 0.3 is 5.97 Å². The van der Waals surface area contributed by atoms with Crippen molar-refractivity contribution in [3.05, 3.63) is 39.4 Å². The fourth-order valence-electron chi connectivity index (χ4n) is 0.947. The summed E-state index contributed by atoms with van der Waals surface area (Å²) in [5.41, 5.74) is 0. The molecule has 0 radical (unpaired) electrons. The Morgan fingerprint density at radius 1 is 1.31 bits per heavy atom. The number of carboxylic acid groups (broad SMARTS) is 1. The summed E-state index contributed by atoms with van der Waals surface area (Å²) in [6.07, 6.45) is 2.31. The van der Waals surface area contributed by atoms with Crippen molar-refractivity contribution in [2.45, 2.75) is 0 Å². The van der Waals surface area contributed by atoms with Crippen LogP contribution < -0.4 is 4.74 Å². The quantitative estimate of drug-likeness (QED) is 0.857. The van der Waals surface area contributed by atoms with Crippen LogP contribution in [0.15, 0.2) is 24.3 Å². The van der Waals surface area contributed by atoms with Crippen LogP contribution in [0.2, 0.25) is 15.1 Å². The van der Waals surface area contributed by atoms with E-state index in [1.165, 1.54) is 18.2 Å². The number of carboxylic acids is 1. The molecule has 86 valence electrons. The molecule has 0 heterocycles. The highest BCUT2D eigenvalue weighted by atomic mass is 35.5. The van der Waals surface area contributed by atoms with Crippen molar-refractivity contribution in [2.75, 3.05) is 6.61 Å². The molecule has 16 heavy (non-hydrogen) atoms.